The summed E-state index contributed by atoms with van der Waals surface area (Å²) in [5, 5.41) is 3.23. The van der Waals surface area contributed by atoms with E-state index in [9.17, 15) is 0 Å². The van der Waals surface area contributed by atoms with Crippen molar-refractivity contribution in [2.24, 2.45) is 5.92 Å². The summed E-state index contributed by atoms with van der Waals surface area (Å²) in [5.41, 5.74) is 2.53. The first kappa shape index (κ1) is 14.3. The predicted molar refractivity (Wildman–Crippen MR) is 81.6 cm³/mol. The summed E-state index contributed by atoms with van der Waals surface area (Å²) in [4.78, 5) is 7.12. The summed E-state index contributed by atoms with van der Waals surface area (Å²) in [6.07, 6.45) is 6.60. The molecule has 1 heterocycles. The lowest BCUT2D eigenvalue weighted by Gasteiger charge is -2.23. The molecule has 1 aliphatic carbocycles. The predicted octanol–water partition coefficient (Wildman–Crippen LogP) is 2.99. The maximum absolute atomic E-state index is 4.77. The van der Waals surface area contributed by atoms with Crippen LogP contribution in [0.2, 0.25) is 0 Å². The SMILES string of the molecule is CCc1cc(CNC)cc(N(C)CC2CCCC2)n1. The Kier molecular flexibility index (Phi) is 5.20. The average Bonchev–Trinajstić information content (AvgIpc) is 2.91. The summed E-state index contributed by atoms with van der Waals surface area (Å²) >= 11 is 0. The first-order chi connectivity index (χ1) is 9.22. The number of pyridine rings is 1. The van der Waals surface area contributed by atoms with E-state index in [0.717, 1.165) is 31.2 Å². The van der Waals surface area contributed by atoms with Crippen LogP contribution in [0.4, 0.5) is 5.82 Å². The smallest absolute Gasteiger partial charge is 0.128 e. The molecule has 3 nitrogen and oxygen atoms in total. The molecule has 106 valence electrons. The Morgan fingerprint density at radius 3 is 2.68 bits per heavy atom. The molecule has 1 saturated carbocycles. The molecule has 0 saturated heterocycles. The van der Waals surface area contributed by atoms with Crippen molar-refractivity contribution in [2.45, 2.75) is 45.6 Å². The maximum atomic E-state index is 4.77. The Bertz CT molecular complexity index is 397. The second kappa shape index (κ2) is 6.90. The number of aryl methyl sites for hydroxylation is 1. The largest absolute Gasteiger partial charge is 0.359 e. The number of nitrogens with one attached hydrogen (secondary N) is 1. The van der Waals surface area contributed by atoms with Crippen molar-refractivity contribution in [3.05, 3.63) is 23.4 Å². The molecule has 0 bridgehead atoms. The summed E-state index contributed by atoms with van der Waals surface area (Å²) in [5.74, 6) is 2.00. The molecule has 0 atom stereocenters. The molecule has 2 rings (SSSR count). The Morgan fingerprint density at radius 1 is 1.32 bits per heavy atom. The summed E-state index contributed by atoms with van der Waals surface area (Å²) in [7, 11) is 4.18. The van der Waals surface area contributed by atoms with Crippen molar-refractivity contribution >= 4 is 5.82 Å². The zero-order valence-electron chi connectivity index (χ0n) is 12.6. The minimum atomic E-state index is 0.866. The molecular weight excluding hydrogens is 234 g/mol. The van der Waals surface area contributed by atoms with Crippen molar-refractivity contribution < 1.29 is 0 Å². The van der Waals surface area contributed by atoms with Gasteiger partial charge in [0.15, 0.2) is 0 Å². The van der Waals surface area contributed by atoms with Crippen molar-refractivity contribution in [3.8, 4) is 0 Å². The highest BCUT2D eigenvalue weighted by atomic mass is 15.2. The van der Waals surface area contributed by atoms with Crippen LogP contribution in [0.25, 0.3) is 0 Å². The molecule has 3 heteroatoms. The van der Waals surface area contributed by atoms with Crippen LogP contribution >= 0.6 is 0 Å². The van der Waals surface area contributed by atoms with E-state index in [-0.39, 0.29) is 0 Å². The highest BCUT2D eigenvalue weighted by Gasteiger charge is 2.17. The second-order valence-electron chi connectivity index (χ2n) is 5.74. The van der Waals surface area contributed by atoms with E-state index in [1.807, 2.05) is 7.05 Å². The van der Waals surface area contributed by atoms with Gasteiger partial charge in [-0.2, -0.15) is 0 Å². The third kappa shape index (κ3) is 3.93. The van der Waals surface area contributed by atoms with Gasteiger partial charge in [-0.05, 0) is 49.9 Å². The van der Waals surface area contributed by atoms with Gasteiger partial charge < -0.3 is 10.2 Å². The van der Waals surface area contributed by atoms with Crippen molar-refractivity contribution in [1.82, 2.24) is 10.3 Å². The van der Waals surface area contributed by atoms with E-state index in [1.165, 1.54) is 36.9 Å². The second-order valence-corrected chi connectivity index (χ2v) is 5.74. The fourth-order valence-electron chi connectivity index (χ4n) is 2.99. The van der Waals surface area contributed by atoms with Crippen LogP contribution in [-0.4, -0.2) is 25.6 Å². The van der Waals surface area contributed by atoms with Crippen molar-refractivity contribution in [3.63, 3.8) is 0 Å². The lowest BCUT2D eigenvalue weighted by atomic mass is 10.1. The van der Waals surface area contributed by atoms with Crippen LogP contribution in [0.3, 0.4) is 0 Å². The van der Waals surface area contributed by atoms with Gasteiger partial charge in [-0.15, -0.1) is 0 Å². The summed E-state index contributed by atoms with van der Waals surface area (Å²) in [6.45, 7) is 4.24. The molecule has 0 aliphatic heterocycles. The quantitative estimate of drug-likeness (QED) is 0.853. The molecule has 0 amide bonds. The molecule has 1 N–H and O–H groups in total. The number of nitrogens with zero attached hydrogens (tertiary/aromatic N) is 2. The van der Waals surface area contributed by atoms with Crippen molar-refractivity contribution in [2.75, 3.05) is 25.5 Å². The van der Waals surface area contributed by atoms with Gasteiger partial charge in [0, 0.05) is 25.8 Å². The lowest BCUT2D eigenvalue weighted by Crippen LogP contribution is -2.25. The molecule has 0 spiro atoms. The first-order valence-corrected chi connectivity index (χ1v) is 7.58. The van der Waals surface area contributed by atoms with Gasteiger partial charge in [0.05, 0.1) is 0 Å². The monoisotopic (exact) mass is 261 g/mol. The Balaban J connectivity index is 2.09. The fraction of sp³-hybridized carbons (Fsp3) is 0.688. The topological polar surface area (TPSA) is 28.2 Å². The summed E-state index contributed by atoms with van der Waals surface area (Å²) in [6, 6.07) is 4.44. The number of hydrogen-bond acceptors (Lipinski definition) is 3. The number of aromatic nitrogens is 1. The minimum Gasteiger partial charge on any atom is -0.359 e. The van der Waals surface area contributed by atoms with E-state index >= 15 is 0 Å². The van der Waals surface area contributed by atoms with Crippen LogP contribution < -0.4 is 10.2 Å². The van der Waals surface area contributed by atoms with E-state index < -0.39 is 0 Å². The van der Waals surface area contributed by atoms with Crippen LogP contribution in [0.5, 0.6) is 0 Å². The van der Waals surface area contributed by atoms with E-state index in [0.29, 0.717) is 0 Å². The molecule has 1 fully saturated rings. The molecule has 1 aromatic rings. The zero-order chi connectivity index (χ0) is 13.7. The van der Waals surface area contributed by atoms with Crippen LogP contribution in [-0.2, 0) is 13.0 Å². The first-order valence-electron chi connectivity index (χ1n) is 7.58. The molecule has 0 radical (unpaired) electrons. The Morgan fingerprint density at radius 2 is 2.05 bits per heavy atom. The molecule has 0 unspecified atom stereocenters. The molecule has 19 heavy (non-hydrogen) atoms. The van der Waals surface area contributed by atoms with Gasteiger partial charge in [-0.1, -0.05) is 19.8 Å². The lowest BCUT2D eigenvalue weighted by molar-refractivity contribution is 0.544. The van der Waals surface area contributed by atoms with E-state index in [4.69, 9.17) is 4.98 Å². The van der Waals surface area contributed by atoms with Crippen LogP contribution in [0.15, 0.2) is 12.1 Å². The van der Waals surface area contributed by atoms with Crippen LogP contribution in [0, 0.1) is 5.92 Å². The number of rotatable bonds is 6. The van der Waals surface area contributed by atoms with Gasteiger partial charge >= 0.3 is 0 Å². The summed E-state index contributed by atoms with van der Waals surface area (Å²) < 4.78 is 0. The number of hydrogen-bond donors (Lipinski definition) is 1. The Labute approximate surface area is 117 Å². The highest BCUT2D eigenvalue weighted by Crippen LogP contribution is 2.26. The maximum Gasteiger partial charge on any atom is 0.128 e. The molecule has 1 aromatic heterocycles. The standard InChI is InChI=1S/C16H27N3/c1-4-15-9-14(11-17-2)10-16(18-15)19(3)12-13-7-5-6-8-13/h9-10,13,17H,4-8,11-12H2,1-3H3. The normalized spacial score (nSPS) is 15.9. The van der Waals surface area contributed by atoms with Gasteiger partial charge in [-0.3, -0.25) is 0 Å². The van der Waals surface area contributed by atoms with Gasteiger partial charge in [0.1, 0.15) is 5.82 Å². The Hall–Kier alpha value is -1.09. The van der Waals surface area contributed by atoms with Crippen molar-refractivity contribution in [1.29, 1.82) is 0 Å². The fourth-order valence-corrected chi connectivity index (χ4v) is 2.99. The average molecular weight is 261 g/mol. The molecular formula is C16H27N3. The van der Waals surface area contributed by atoms with E-state index in [1.54, 1.807) is 0 Å². The minimum absolute atomic E-state index is 0.866. The zero-order valence-corrected chi connectivity index (χ0v) is 12.6. The third-order valence-electron chi connectivity index (χ3n) is 4.07. The highest BCUT2D eigenvalue weighted by molar-refractivity contribution is 5.42. The number of anilines is 1. The van der Waals surface area contributed by atoms with Gasteiger partial charge in [0.25, 0.3) is 0 Å². The van der Waals surface area contributed by atoms with Gasteiger partial charge in [-0.25, -0.2) is 4.98 Å². The molecule has 0 aromatic carbocycles. The van der Waals surface area contributed by atoms with Gasteiger partial charge in [0.2, 0.25) is 0 Å². The molecule has 1 aliphatic rings. The van der Waals surface area contributed by atoms with Crippen LogP contribution in [0.1, 0.15) is 43.9 Å². The third-order valence-corrected chi connectivity index (χ3v) is 4.07. The van der Waals surface area contributed by atoms with E-state index in [2.05, 4.69) is 36.3 Å².